The van der Waals surface area contributed by atoms with E-state index in [2.05, 4.69) is 15.9 Å². The summed E-state index contributed by atoms with van der Waals surface area (Å²) in [4.78, 5) is 0. The molecule has 2 rings (SSSR count). The second-order valence-electron chi connectivity index (χ2n) is 2.59. The Bertz CT molecular complexity index is 377. The van der Waals surface area contributed by atoms with Crippen molar-refractivity contribution in [3.8, 4) is 0 Å². The number of furan rings is 2. The molecule has 0 saturated heterocycles. The second-order valence-corrected chi connectivity index (χ2v) is 3.45. The smallest absolute Gasteiger partial charge is 0.151 e. The lowest BCUT2D eigenvalue weighted by Crippen LogP contribution is -1.96. The maximum absolute atomic E-state index is 9.77. The van der Waals surface area contributed by atoms with E-state index in [9.17, 15) is 5.11 Å². The highest BCUT2D eigenvalue weighted by Crippen LogP contribution is 2.29. The number of hydrogen-bond acceptors (Lipinski definition) is 3. The third kappa shape index (κ3) is 1.55. The van der Waals surface area contributed by atoms with Crippen LogP contribution < -0.4 is 0 Å². The molecule has 2 aromatic rings. The zero-order chi connectivity index (χ0) is 9.26. The molecule has 2 aromatic heterocycles. The summed E-state index contributed by atoms with van der Waals surface area (Å²) in [5.41, 5.74) is 0.677. The van der Waals surface area contributed by atoms with Crippen LogP contribution in [0.4, 0.5) is 0 Å². The molecule has 1 atom stereocenters. The van der Waals surface area contributed by atoms with Crippen LogP contribution in [-0.2, 0) is 0 Å². The lowest BCUT2D eigenvalue weighted by atomic mass is 10.1. The number of aliphatic hydroxyl groups excluding tert-OH is 1. The zero-order valence-electron chi connectivity index (χ0n) is 6.61. The number of aliphatic hydroxyl groups is 1. The summed E-state index contributed by atoms with van der Waals surface area (Å²) in [6.07, 6.45) is 3.74. The van der Waals surface area contributed by atoms with Gasteiger partial charge >= 0.3 is 0 Å². The van der Waals surface area contributed by atoms with Crippen LogP contribution in [0.5, 0.6) is 0 Å². The molecule has 0 bridgehead atoms. The lowest BCUT2D eigenvalue weighted by molar-refractivity contribution is 0.187. The minimum absolute atomic E-state index is 0.487. The van der Waals surface area contributed by atoms with Crippen LogP contribution in [0.1, 0.15) is 17.4 Å². The molecule has 0 radical (unpaired) electrons. The Labute approximate surface area is 83.1 Å². The van der Waals surface area contributed by atoms with Gasteiger partial charge in [0.05, 0.1) is 23.3 Å². The van der Waals surface area contributed by atoms with Crippen molar-refractivity contribution in [2.24, 2.45) is 0 Å². The maximum atomic E-state index is 9.77. The average molecular weight is 243 g/mol. The van der Waals surface area contributed by atoms with Crippen molar-refractivity contribution >= 4 is 15.9 Å². The largest absolute Gasteiger partial charge is 0.472 e. The molecule has 68 valence electrons. The van der Waals surface area contributed by atoms with Gasteiger partial charge in [-0.25, -0.2) is 0 Å². The van der Waals surface area contributed by atoms with Crippen LogP contribution in [0.2, 0.25) is 0 Å². The summed E-state index contributed by atoms with van der Waals surface area (Å²) in [5.74, 6) is 0.487. The SMILES string of the molecule is OC(c1ccoc1)c1occc1Br. The fourth-order valence-corrected chi connectivity index (χ4v) is 1.50. The first-order valence-corrected chi connectivity index (χ1v) is 4.51. The Kier molecular flexibility index (Phi) is 2.24. The van der Waals surface area contributed by atoms with Crippen LogP contribution in [0, 0.1) is 0 Å². The van der Waals surface area contributed by atoms with E-state index >= 15 is 0 Å². The van der Waals surface area contributed by atoms with Crippen molar-refractivity contribution in [1.29, 1.82) is 0 Å². The monoisotopic (exact) mass is 242 g/mol. The number of hydrogen-bond donors (Lipinski definition) is 1. The standard InChI is InChI=1S/C9H7BrO3/c10-7-2-4-13-9(7)8(11)6-1-3-12-5-6/h1-5,8,11H. The van der Waals surface area contributed by atoms with Gasteiger partial charge < -0.3 is 13.9 Å². The molecule has 1 unspecified atom stereocenters. The molecular weight excluding hydrogens is 236 g/mol. The van der Waals surface area contributed by atoms with Gasteiger partial charge in [-0.3, -0.25) is 0 Å². The molecule has 0 aliphatic carbocycles. The van der Waals surface area contributed by atoms with Gasteiger partial charge in [-0.05, 0) is 28.1 Å². The van der Waals surface area contributed by atoms with Crippen molar-refractivity contribution < 1.29 is 13.9 Å². The van der Waals surface area contributed by atoms with E-state index in [0.29, 0.717) is 11.3 Å². The van der Waals surface area contributed by atoms with E-state index in [0.717, 1.165) is 4.47 Å². The molecule has 0 aliphatic rings. The van der Waals surface area contributed by atoms with E-state index in [1.165, 1.54) is 18.8 Å². The van der Waals surface area contributed by atoms with Gasteiger partial charge in [0.25, 0.3) is 0 Å². The highest BCUT2D eigenvalue weighted by Gasteiger charge is 2.17. The van der Waals surface area contributed by atoms with Crippen molar-refractivity contribution in [3.05, 3.63) is 46.7 Å². The van der Waals surface area contributed by atoms with Crippen LogP contribution >= 0.6 is 15.9 Å². The Morgan fingerprint density at radius 3 is 2.69 bits per heavy atom. The van der Waals surface area contributed by atoms with E-state index < -0.39 is 6.10 Å². The van der Waals surface area contributed by atoms with Gasteiger partial charge in [0, 0.05) is 5.56 Å². The fourth-order valence-electron chi connectivity index (χ4n) is 1.08. The summed E-state index contributed by atoms with van der Waals surface area (Å²) < 4.78 is 10.7. The van der Waals surface area contributed by atoms with E-state index in [4.69, 9.17) is 8.83 Å². The summed E-state index contributed by atoms with van der Waals surface area (Å²) >= 11 is 3.27. The maximum Gasteiger partial charge on any atom is 0.151 e. The minimum atomic E-state index is -0.775. The molecule has 0 fully saturated rings. The van der Waals surface area contributed by atoms with Gasteiger partial charge in [0.1, 0.15) is 6.10 Å². The average Bonchev–Trinajstić information content (AvgIpc) is 2.72. The van der Waals surface area contributed by atoms with Crippen molar-refractivity contribution in [3.63, 3.8) is 0 Å². The summed E-state index contributed by atoms with van der Waals surface area (Å²) in [6.45, 7) is 0. The first-order valence-electron chi connectivity index (χ1n) is 3.72. The first kappa shape index (κ1) is 8.59. The Morgan fingerprint density at radius 1 is 1.31 bits per heavy atom. The zero-order valence-corrected chi connectivity index (χ0v) is 8.19. The molecule has 4 heteroatoms. The quantitative estimate of drug-likeness (QED) is 0.881. The molecule has 0 aliphatic heterocycles. The third-order valence-corrected chi connectivity index (χ3v) is 2.41. The van der Waals surface area contributed by atoms with Crippen LogP contribution in [0.3, 0.4) is 0 Å². The lowest BCUT2D eigenvalue weighted by Gasteiger charge is -2.04. The molecule has 0 saturated carbocycles. The number of rotatable bonds is 2. The Balaban J connectivity index is 2.33. The number of halogens is 1. The van der Waals surface area contributed by atoms with Gasteiger partial charge in [0.2, 0.25) is 0 Å². The van der Waals surface area contributed by atoms with Crippen LogP contribution in [0.15, 0.2) is 44.2 Å². The molecule has 3 nitrogen and oxygen atoms in total. The van der Waals surface area contributed by atoms with Crippen molar-refractivity contribution in [2.45, 2.75) is 6.10 Å². The first-order chi connectivity index (χ1) is 6.29. The minimum Gasteiger partial charge on any atom is -0.472 e. The Morgan fingerprint density at radius 2 is 2.15 bits per heavy atom. The molecular formula is C9H7BrO3. The molecule has 0 spiro atoms. The predicted molar refractivity (Wildman–Crippen MR) is 49.2 cm³/mol. The molecule has 13 heavy (non-hydrogen) atoms. The Hall–Kier alpha value is -1.00. The molecule has 1 N–H and O–H groups in total. The highest BCUT2D eigenvalue weighted by molar-refractivity contribution is 9.10. The fraction of sp³-hybridized carbons (Fsp3) is 0.111. The topological polar surface area (TPSA) is 46.5 Å². The highest BCUT2D eigenvalue weighted by atomic mass is 79.9. The van der Waals surface area contributed by atoms with Gasteiger partial charge in [-0.1, -0.05) is 0 Å². The van der Waals surface area contributed by atoms with Crippen molar-refractivity contribution in [2.75, 3.05) is 0 Å². The second kappa shape index (κ2) is 3.40. The van der Waals surface area contributed by atoms with Crippen LogP contribution in [0.25, 0.3) is 0 Å². The van der Waals surface area contributed by atoms with Gasteiger partial charge in [-0.15, -0.1) is 0 Å². The van der Waals surface area contributed by atoms with Crippen LogP contribution in [-0.4, -0.2) is 5.11 Å². The summed E-state index contributed by atoms with van der Waals surface area (Å²) in [5, 5.41) is 9.77. The third-order valence-electron chi connectivity index (χ3n) is 1.75. The van der Waals surface area contributed by atoms with Gasteiger partial charge in [0.15, 0.2) is 5.76 Å². The molecule has 0 aromatic carbocycles. The molecule has 0 amide bonds. The van der Waals surface area contributed by atoms with E-state index in [1.807, 2.05) is 0 Å². The predicted octanol–water partition coefficient (Wildman–Crippen LogP) is 2.72. The van der Waals surface area contributed by atoms with Gasteiger partial charge in [-0.2, -0.15) is 0 Å². The normalized spacial score (nSPS) is 13.1. The van der Waals surface area contributed by atoms with E-state index in [-0.39, 0.29) is 0 Å². The summed E-state index contributed by atoms with van der Waals surface area (Å²) in [6, 6.07) is 3.43. The summed E-state index contributed by atoms with van der Waals surface area (Å²) in [7, 11) is 0. The van der Waals surface area contributed by atoms with Crippen molar-refractivity contribution in [1.82, 2.24) is 0 Å². The molecule has 2 heterocycles. The van der Waals surface area contributed by atoms with E-state index in [1.54, 1.807) is 12.1 Å².